The summed E-state index contributed by atoms with van der Waals surface area (Å²) in [5.41, 5.74) is 0. The first-order valence-corrected chi connectivity index (χ1v) is 2.01. The minimum Gasteiger partial charge on any atom is -1.00 e. The Morgan fingerprint density at radius 2 is 2.17 bits per heavy atom. The number of hydrogen-bond donors (Lipinski definition) is 1. The molecule has 1 N–H and O–H groups in total. The molecule has 0 saturated carbocycles. The molecule has 0 aliphatic heterocycles. The van der Waals surface area contributed by atoms with E-state index in [2.05, 4.69) is 6.58 Å². The van der Waals surface area contributed by atoms with E-state index in [-0.39, 0.29) is 31.0 Å². The van der Waals surface area contributed by atoms with E-state index in [1.54, 1.807) is 6.92 Å². The molecule has 0 aromatic rings. The number of rotatable bonds is 1. The second-order valence-electron chi connectivity index (χ2n) is 0.793. The molecule has 0 rings (SSSR count). The first kappa shape index (κ1) is 10.1. The molecule has 0 aromatic carbocycles. The van der Waals surface area contributed by atoms with E-state index in [0.29, 0.717) is 12.0 Å². The molecule has 0 bridgehead atoms. The normalized spacial score (nSPS) is 6.33. The number of hydrogen-bond acceptors (Lipinski definition) is 2. The summed E-state index contributed by atoms with van der Waals surface area (Å²) >= 11 is 0.685. The second kappa shape index (κ2) is 6.05. The summed E-state index contributed by atoms with van der Waals surface area (Å²) in [7, 11) is 0. The third kappa shape index (κ3) is 8.90. The number of allylic oxidation sites excluding steroid dienone is 1. The van der Waals surface area contributed by atoms with Crippen LogP contribution < -0.4 is 29.6 Å². The summed E-state index contributed by atoms with van der Waals surface area (Å²) in [5, 5.41) is 0. The molecule has 0 aromatic heterocycles. The van der Waals surface area contributed by atoms with Crippen molar-refractivity contribution in [2.24, 2.45) is 0 Å². The largest absolute Gasteiger partial charge is 1.00 e. The Morgan fingerprint density at radius 1 is 2.00 bits per heavy atom. The minimum absolute atomic E-state index is 0. The van der Waals surface area contributed by atoms with Crippen LogP contribution in [0.1, 0.15) is 8.35 Å². The van der Waals surface area contributed by atoms with Gasteiger partial charge in [0.25, 0.3) is 0 Å². The van der Waals surface area contributed by atoms with Crippen molar-refractivity contribution in [2.45, 2.75) is 6.92 Å². The van der Waals surface area contributed by atoms with Crippen molar-refractivity contribution < 1.29 is 35.5 Å². The van der Waals surface area contributed by atoms with Crippen molar-refractivity contribution in [3.63, 3.8) is 0 Å². The molecule has 0 unspecified atom stereocenters. The second-order valence-corrected chi connectivity index (χ2v) is 1.67. The average molecular weight is 114 g/mol. The average Bonchev–Trinajstić information content (AvgIpc) is 1.38. The molecule has 0 aliphatic rings. The van der Waals surface area contributed by atoms with E-state index in [0.717, 1.165) is 4.91 Å². The molecule has 0 aliphatic carbocycles. The summed E-state index contributed by atoms with van der Waals surface area (Å²) in [5.74, 6) is 0. The predicted molar refractivity (Wildman–Crippen MR) is 26.1 cm³/mol. The zero-order valence-corrected chi connectivity index (χ0v) is 6.88. The molecule has 0 spiro atoms. The fourth-order valence-corrected chi connectivity index (χ4v) is 0. The summed E-state index contributed by atoms with van der Waals surface area (Å²) in [4.78, 5) is 0.727. The SMILES string of the molecule is C=C(C)SO.[H-].[Na+]. The van der Waals surface area contributed by atoms with E-state index in [4.69, 9.17) is 4.55 Å². The first-order valence-electron chi connectivity index (χ1n) is 1.24. The van der Waals surface area contributed by atoms with Crippen molar-refractivity contribution in [3.8, 4) is 0 Å². The van der Waals surface area contributed by atoms with Gasteiger partial charge >= 0.3 is 29.6 Å². The Bertz CT molecular complexity index is 50.2. The van der Waals surface area contributed by atoms with Gasteiger partial charge in [0.15, 0.2) is 0 Å². The molecule has 0 amide bonds. The van der Waals surface area contributed by atoms with E-state index >= 15 is 0 Å². The van der Waals surface area contributed by atoms with Crippen LogP contribution in [0.5, 0.6) is 0 Å². The Kier molecular flexibility index (Phi) is 10.2. The van der Waals surface area contributed by atoms with Crippen LogP contribution in [0, 0.1) is 0 Å². The van der Waals surface area contributed by atoms with Crippen molar-refractivity contribution >= 4 is 12.0 Å². The Labute approximate surface area is 65.8 Å². The molecule has 0 fully saturated rings. The van der Waals surface area contributed by atoms with E-state index in [9.17, 15) is 0 Å². The van der Waals surface area contributed by atoms with Gasteiger partial charge in [-0.3, -0.25) is 0 Å². The molecule has 32 valence electrons. The molecule has 0 heterocycles. The summed E-state index contributed by atoms with van der Waals surface area (Å²) < 4.78 is 7.96. The molecule has 0 atom stereocenters. The Balaban J connectivity index is -0.0000000800. The summed E-state index contributed by atoms with van der Waals surface area (Å²) in [6.45, 7) is 5.13. The van der Waals surface area contributed by atoms with Crippen molar-refractivity contribution in [2.75, 3.05) is 0 Å². The smallest absolute Gasteiger partial charge is 1.00 e. The van der Waals surface area contributed by atoms with Crippen LogP contribution in [-0.2, 0) is 0 Å². The fraction of sp³-hybridized carbons (Fsp3) is 0.333. The van der Waals surface area contributed by atoms with E-state index in [1.165, 1.54) is 0 Å². The molecule has 3 heteroatoms. The zero-order chi connectivity index (χ0) is 4.28. The van der Waals surface area contributed by atoms with Gasteiger partial charge in [-0.1, -0.05) is 6.58 Å². The third-order valence-corrected chi connectivity index (χ3v) is 0.468. The molecular weight excluding hydrogens is 107 g/mol. The van der Waals surface area contributed by atoms with Crippen LogP contribution in [0.25, 0.3) is 0 Å². The van der Waals surface area contributed by atoms with Crippen LogP contribution in [0.2, 0.25) is 0 Å². The van der Waals surface area contributed by atoms with Crippen LogP contribution in [0.3, 0.4) is 0 Å². The van der Waals surface area contributed by atoms with E-state index < -0.39 is 0 Å². The molecular formula is C3H7NaOS. The quantitative estimate of drug-likeness (QED) is 0.343. The van der Waals surface area contributed by atoms with Gasteiger partial charge in [-0.25, -0.2) is 0 Å². The van der Waals surface area contributed by atoms with Gasteiger partial charge in [-0.15, -0.1) is 0 Å². The van der Waals surface area contributed by atoms with Gasteiger partial charge in [-0.2, -0.15) is 0 Å². The zero-order valence-electron chi connectivity index (χ0n) is 5.06. The topological polar surface area (TPSA) is 20.2 Å². The van der Waals surface area contributed by atoms with Gasteiger partial charge in [0, 0.05) is 16.9 Å². The molecule has 0 saturated heterocycles. The van der Waals surface area contributed by atoms with Crippen LogP contribution in [0.15, 0.2) is 11.5 Å². The van der Waals surface area contributed by atoms with Gasteiger partial charge in [0.05, 0.1) is 0 Å². The van der Waals surface area contributed by atoms with Crippen molar-refractivity contribution in [3.05, 3.63) is 11.5 Å². The van der Waals surface area contributed by atoms with Crippen LogP contribution >= 0.6 is 12.0 Å². The van der Waals surface area contributed by atoms with Crippen LogP contribution in [0.4, 0.5) is 0 Å². The molecule has 1 nitrogen and oxygen atoms in total. The van der Waals surface area contributed by atoms with Gasteiger partial charge in [0.1, 0.15) is 0 Å². The standard InChI is InChI=1S/C3H6OS.Na.H/c1-3(2)5-4;;/h4H,1H2,2H3;;/q;+1;-1. The van der Waals surface area contributed by atoms with E-state index in [1.807, 2.05) is 0 Å². The van der Waals surface area contributed by atoms with Gasteiger partial charge < -0.3 is 5.98 Å². The maximum absolute atomic E-state index is 7.96. The third-order valence-electron chi connectivity index (χ3n) is 0.156. The van der Waals surface area contributed by atoms with Gasteiger partial charge in [0.2, 0.25) is 0 Å². The van der Waals surface area contributed by atoms with Crippen molar-refractivity contribution in [1.29, 1.82) is 0 Å². The summed E-state index contributed by atoms with van der Waals surface area (Å²) in [6.07, 6.45) is 0. The Hall–Kier alpha value is 1.05. The minimum atomic E-state index is 0. The van der Waals surface area contributed by atoms with Crippen molar-refractivity contribution in [1.82, 2.24) is 0 Å². The van der Waals surface area contributed by atoms with Gasteiger partial charge in [-0.05, 0) is 6.92 Å². The monoisotopic (exact) mass is 114 g/mol. The maximum Gasteiger partial charge on any atom is 1.00 e. The van der Waals surface area contributed by atoms with Crippen LogP contribution in [-0.4, -0.2) is 4.55 Å². The fourth-order valence-electron chi connectivity index (χ4n) is 0. The molecule has 6 heavy (non-hydrogen) atoms. The molecule has 0 radical (unpaired) electrons. The first-order chi connectivity index (χ1) is 2.27. The maximum atomic E-state index is 7.96. The predicted octanol–water partition coefficient (Wildman–Crippen LogP) is -1.16. The Morgan fingerprint density at radius 3 is 2.17 bits per heavy atom. The summed E-state index contributed by atoms with van der Waals surface area (Å²) in [6, 6.07) is 0.